The van der Waals surface area contributed by atoms with Crippen molar-refractivity contribution in [2.24, 2.45) is 0 Å². The molecule has 0 aromatic heterocycles. The van der Waals surface area contributed by atoms with E-state index < -0.39 is 12.2 Å². The molecule has 1 saturated heterocycles. The number of aliphatic hydroxyl groups is 1. The number of aliphatic hydroxyl groups excluding tert-OH is 1. The van der Waals surface area contributed by atoms with E-state index >= 15 is 0 Å². The molecule has 1 aliphatic heterocycles. The van der Waals surface area contributed by atoms with E-state index in [1.54, 1.807) is 0 Å². The Morgan fingerprint density at radius 2 is 1.67 bits per heavy atom. The van der Waals surface area contributed by atoms with E-state index in [9.17, 15) is 9.90 Å². The van der Waals surface area contributed by atoms with E-state index in [1.165, 1.54) is 4.46 Å². The molecule has 0 bridgehead atoms. The second-order valence-corrected chi connectivity index (χ2v) is 7.54. The molecule has 4 heteroatoms. The Morgan fingerprint density at radius 1 is 1.05 bits per heavy atom. The predicted octanol–water partition coefficient (Wildman–Crippen LogP) is 1.43. The molecule has 0 spiro atoms. The summed E-state index contributed by atoms with van der Waals surface area (Å²) in [5.41, 5.74) is 1.11. The van der Waals surface area contributed by atoms with E-state index in [-0.39, 0.29) is 32.2 Å². The van der Waals surface area contributed by atoms with Crippen LogP contribution in [0.4, 0.5) is 0 Å². The molecule has 2 aromatic rings. The molecular formula is C17H16O3Se. The molecule has 0 saturated carbocycles. The van der Waals surface area contributed by atoms with Crippen LogP contribution in [-0.2, 0) is 9.53 Å². The third kappa shape index (κ3) is 3.35. The summed E-state index contributed by atoms with van der Waals surface area (Å²) < 4.78 is 6.62. The van der Waals surface area contributed by atoms with Crippen molar-refractivity contribution in [3.63, 3.8) is 0 Å². The SMILES string of the molecule is O=C1C[C@H](O)[C@H]([C@@H]([Se]c2ccccc2)c2ccccc2)O1. The number of hydrogen-bond acceptors (Lipinski definition) is 3. The van der Waals surface area contributed by atoms with E-state index in [0.29, 0.717) is 0 Å². The fourth-order valence-corrected chi connectivity index (χ4v) is 5.11. The summed E-state index contributed by atoms with van der Waals surface area (Å²) in [6.45, 7) is 0. The molecule has 1 fully saturated rings. The van der Waals surface area contributed by atoms with Crippen LogP contribution in [0.15, 0.2) is 60.7 Å². The number of carbonyl (C=O) groups excluding carboxylic acids is 1. The van der Waals surface area contributed by atoms with Gasteiger partial charge in [-0.1, -0.05) is 0 Å². The third-order valence-corrected chi connectivity index (χ3v) is 6.26. The number of ether oxygens (including phenoxy) is 1. The van der Waals surface area contributed by atoms with Gasteiger partial charge < -0.3 is 0 Å². The number of benzene rings is 2. The maximum atomic E-state index is 11.5. The number of carbonyl (C=O) groups is 1. The van der Waals surface area contributed by atoms with Crippen LogP contribution in [0.3, 0.4) is 0 Å². The number of esters is 1. The topological polar surface area (TPSA) is 46.5 Å². The fourth-order valence-electron chi connectivity index (χ4n) is 2.44. The van der Waals surface area contributed by atoms with Crippen LogP contribution in [0.1, 0.15) is 16.8 Å². The van der Waals surface area contributed by atoms with Gasteiger partial charge in [0.05, 0.1) is 0 Å². The van der Waals surface area contributed by atoms with Crippen molar-refractivity contribution in [3.05, 3.63) is 66.2 Å². The van der Waals surface area contributed by atoms with Crippen molar-refractivity contribution < 1.29 is 14.6 Å². The maximum absolute atomic E-state index is 11.5. The minimum absolute atomic E-state index is 0.0301. The summed E-state index contributed by atoms with van der Waals surface area (Å²) in [4.78, 5) is 11.5. The van der Waals surface area contributed by atoms with Crippen LogP contribution in [0.2, 0.25) is 0 Å². The van der Waals surface area contributed by atoms with Crippen molar-refractivity contribution in [1.29, 1.82) is 0 Å². The quantitative estimate of drug-likeness (QED) is 0.672. The van der Waals surface area contributed by atoms with Gasteiger partial charge in [-0.15, -0.1) is 0 Å². The Hall–Kier alpha value is -1.61. The first-order valence-electron chi connectivity index (χ1n) is 6.88. The van der Waals surface area contributed by atoms with Gasteiger partial charge in [-0.3, -0.25) is 0 Å². The molecule has 1 aliphatic rings. The van der Waals surface area contributed by atoms with E-state index in [1.807, 2.05) is 48.5 Å². The van der Waals surface area contributed by atoms with E-state index in [0.717, 1.165) is 5.56 Å². The van der Waals surface area contributed by atoms with Crippen LogP contribution >= 0.6 is 0 Å². The molecule has 3 atom stereocenters. The second-order valence-electron chi connectivity index (χ2n) is 4.99. The summed E-state index contributed by atoms with van der Waals surface area (Å²) in [6.07, 6.45) is -1.06. The first-order chi connectivity index (χ1) is 10.2. The zero-order chi connectivity index (χ0) is 14.7. The van der Waals surface area contributed by atoms with Crippen molar-refractivity contribution in [2.75, 3.05) is 0 Å². The minimum atomic E-state index is -0.715. The normalized spacial score (nSPS) is 22.8. The Balaban J connectivity index is 1.90. The monoisotopic (exact) mass is 348 g/mol. The second kappa shape index (κ2) is 6.44. The number of cyclic esters (lactones) is 1. The molecule has 1 N–H and O–H groups in total. The fraction of sp³-hybridized carbons (Fsp3) is 0.235. The average Bonchev–Trinajstić information content (AvgIpc) is 2.85. The third-order valence-electron chi connectivity index (χ3n) is 3.46. The van der Waals surface area contributed by atoms with Gasteiger partial charge >= 0.3 is 130 Å². The molecule has 21 heavy (non-hydrogen) atoms. The molecule has 0 radical (unpaired) electrons. The van der Waals surface area contributed by atoms with Crippen molar-refractivity contribution in [2.45, 2.75) is 23.4 Å². The summed E-state index contributed by atoms with van der Waals surface area (Å²) in [5, 5.41) is 10.1. The summed E-state index contributed by atoms with van der Waals surface area (Å²) in [6, 6.07) is 20.2. The van der Waals surface area contributed by atoms with Gasteiger partial charge in [0.2, 0.25) is 0 Å². The standard InChI is InChI=1S/C17H16O3Se/c18-14-11-15(19)20-16(14)17(12-7-3-1-4-8-12)21-13-9-5-2-6-10-13/h1-10,14,16-18H,11H2/t14-,16+,17-/m0/s1. The first-order valence-corrected chi connectivity index (χ1v) is 8.73. The molecule has 0 amide bonds. The molecule has 1 heterocycles. The number of rotatable bonds is 4. The number of hydrogen-bond donors (Lipinski definition) is 1. The molecule has 3 rings (SSSR count). The van der Waals surface area contributed by atoms with Crippen LogP contribution in [-0.4, -0.2) is 38.2 Å². The van der Waals surface area contributed by atoms with Gasteiger partial charge in [0.15, 0.2) is 0 Å². The van der Waals surface area contributed by atoms with Gasteiger partial charge in [-0.25, -0.2) is 0 Å². The first kappa shape index (κ1) is 14.3. The van der Waals surface area contributed by atoms with Crippen LogP contribution in [0, 0.1) is 0 Å². The summed E-state index contributed by atoms with van der Waals surface area (Å²) >= 11 is 0.0822. The molecule has 108 valence electrons. The van der Waals surface area contributed by atoms with E-state index in [4.69, 9.17) is 4.74 Å². The van der Waals surface area contributed by atoms with Crippen molar-refractivity contribution >= 4 is 25.4 Å². The van der Waals surface area contributed by atoms with Gasteiger partial charge in [-0.2, -0.15) is 0 Å². The van der Waals surface area contributed by atoms with Crippen LogP contribution in [0.5, 0.6) is 0 Å². The zero-order valence-corrected chi connectivity index (χ0v) is 13.1. The molecule has 0 aliphatic carbocycles. The van der Waals surface area contributed by atoms with Crippen LogP contribution < -0.4 is 4.46 Å². The zero-order valence-electron chi connectivity index (χ0n) is 11.4. The molecule has 0 unspecified atom stereocenters. The predicted molar refractivity (Wildman–Crippen MR) is 81.5 cm³/mol. The summed E-state index contributed by atoms with van der Waals surface area (Å²) in [7, 11) is 0. The van der Waals surface area contributed by atoms with Crippen molar-refractivity contribution in [1.82, 2.24) is 0 Å². The molecule has 3 nitrogen and oxygen atoms in total. The van der Waals surface area contributed by atoms with E-state index in [2.05, 4.69) is 12.1 Å². The Bertz CT molecular complexity index is 600. The average molecular weight is 347 g/mol. The van der Waals surface area contributed by atoms with Gasteiger partial charge in [0, 0.05) is 0 Å². The molecular weight excluding hydrogens is 331 g/mol. The molecule has 2 aromatic carbocycles. The Kier molecular flexibility index (Phi) is 4.39. The van der Waals surface area contributed by atoms with Gasteiger partial charge in [-0.05, 0) is 0 Å². The van der Waals surface area contributed by atoms with Crippen LogP contribution in [0.25, 0.3) is 0 Å². The Labute approximate surface area is 130 Å². The Morgan fingerprint density at radius 3 is 2.24 bits per heavy atom. The van der Waals surface area contributed by atoms with Crippen molar-refractivity contribution in [3.8, 4) is 0 Å². The van der Waals surface area contributed by atoms with Gasteiger partial charge in [0.25, 0.3) is 0 Å². The summed E-state index contributed by atoms with van der Waals surface area (Å²) in [5.74, 6) is -0.308. The van der Waals surface area contributed by atoms with Gasteiger partial charge in [0.1, 0.15) is 0 Å².